The molecule has 0 amide bonds. The summed E-state index contributed by atoms with van der Waals surface area (Å²) >= 11 is 0. The van der Waals surface area contributed by atoms with Crippen molar-refractivity contribution in [3.63, 3.8) is 0 Å². The van der Waals surface area contributed by atoms with E-state index in [1.165, 1.54) is 167 Å². The fraction of sp³-hybridized carbons (Fsp3) is 0.947. The quantitative estimate of drug-likeness (QED) is 0.0364. The van der Waals surface area contributed by atoms with E-state index in [2.05, 4.69) is 13.8 Å². The van der Waals surface area contributed by atoms with Crippen molar-refractivity contribution in [2.45, 2.75) is 219 Å². The van der Waals surface area contributed by atoms with Gasteiger partial charge in [0.25, 0.3) is 0 Å². The molecule has 0 atom stereocenters. The molecule has 0 aromatic carbocycles. The first kappa shape index (κ1) is 44.9. The van der Waals surface area contributed by atoms with E-state index in [0.29, 0.717) is 12.8 Å². The van der Waals surface area contributed by atoms with Crippen LogP contribution in [0.25, 0.3) is 0 Å². The summed E-state index contributed by atoms with van der Waals surface area (Å²) in [7, 11) is 0. The second kappa shape index (κ2) is 39.8. The number of hydrogen-bond donors (Lipinski definition) is 0. The van der Waals surface area contributed by atoms with E-state index in [-0.39, 0.29) is 51.4 Å². The topological polar surface area (TPSA) is 52.6 Å². The molecule has 0 unspecified atom stereocenters. The minimum Gasteiger partial charge on any atom is -0.462 e. The molecule has 0 aliphatic carbocycles. The third-order valence-corrected chi connectivity index (χ3v) is 8.58. The van der Waals surface area contributed by atoms with Crippen LogP contribution in [0, 0.1) is 0 Å². The molecular formula is C38H74BiO4. The van der Waals surface area contributed by atoms with Gasteiger partial charge < -0.3 is 9.47 Å². The van der Waals surface area contributed by atoms with Crippen LogP contribution in [0.5, 0.6) is 0 Å². The summed E-state index contributed by atoms with van der Waals surface area (Å²) in [6.07, 6.45) is 40.5. The zero-order valence-corrected chi connectivity index (χ0v) is 32.6. The Morgan fingerprint density at radius 2 is 0.512 bits per heavy atom. The number of carbonyl (C=O) groups excluding carboxylic acids is 2. The van der Waals surface area contributed by atoms with Crippen LogP contribution in [0.4, 0.5) is 0 Å². The molecule has 4 nitrogen and oxygen atoms in total. The Hall–Kier alpha value is -0.177. The zero-order chi connectivity index (χ0) is 30.6. The molecule has 0 saturated heterocycles. The van der Waals surface area contributed by atoms with Crippen molar-refractivity contribution in [1.82, 2.24) is 0 Å². The summed E-state index contributed by atoms with van der Waals surface area (Å²) in [5.41, 5.74) is 0. The minimum absolute atomic E-state index is 0. The Labute approximate surface area is 288 Å². The molecule has 43 heavy (non-hydrogen) atoms. The molecule has 0 aliphatic heterocycles. The molecule has 0 aromatic rings. The summed E-state index contributed by atoms with van der Waals surface area (Å²) in [6.45, 7) is 4.92. The molecule has 0 bridgehead atoms. The molecule has 0 rings (SSSR count). The number of ether oxygens (including phenoxy) is 2. The summed E-state index contributed by atoms with van der Waals surface area (Å²) in [4.78, 5) is 23.8. The minimum atomic E-state index is -0.164. The summed E-state index contributed by atoms with van der Waals surface area (Å²) in [5.74, 6) is -0.327. The zero-order valence-electron chi connectivity index (χ0n) is 29.1. The maximum atomic E-state index is 11.9. The second-order valence-electron chi connectivity index (χ2n) is 12.8. The van der Waals surface area contributed by atoms with Gasteiger partial charge in [-0.2, -0.15) is 0 Å². The SMILES string of the molecule is CCCCCCCCCCCCCCCCCC(=O)OCCOC(=O)CCCCCCCCCCCCCCCCC.[Bi]. The Morgan fingerprint density at radius 1 is 0.326 bits per heavy atom. The van der Waals surface area contributed by atoms with E-state index in [1.807, 2.05) is 0 Å². The predicted molar refractivity (Wildman–Crippen MR) is 187 cm³/mol. The number of rotatable bonds is 35. The fourth-order valence-corrected chi connectivity index (χ4v) is 5.74. The molecule has 3 radical (unpaired) electrons. The largest absolute Gasteiger partial charge is 0.462 e. The first-order valence-electron chi connectivity index (χ1n) is 19.0. The van der Waals surface area contributed by atoms with Crippen molar-refractivity contribution < 1.29 is 19.1 Å². The Bertz CT molecular complexity index is 506. The predicted octanol–water partition coefficient (Wildman–Crippen LogP) is 12.2. The molecule has 0 fully saturated rings. The Morgan fingerprint density at radius 3 is 0.721 bits per heavy atom. The normalized spacial score (nSPS) is 10.9. The van der Waals surface area contributed by atoms with Crippen LogP contribution in [0.1, 0.15) is 219 Å². The molecule has 0 aromatic heterocycles. The number of carbonyl (C=O) groups is 2. The fourth-order valence-electron chi connectivity index (χ4n) is 5.74. The van der Waals surface area contributed by atoms with Gasteiger partial charge in [-0.25, -0.2) is 0 Å². The summed E-state index contributed by atoms with van der Waals surface area (Å²) < 4.78 is 10.5. The van der Waals surface area contributed by atoms with Gasteiger partial charge in [0, 0.05) is 39.0 Å². The monoisotopic (exact) mass is 804 g/mol. The van der Waals surface area contributed by atoms with Crippen LogP contribution in [-0.4, -0.2) is 51.4 Å². The van der Waals surface area contributed by atoms with Gasteiger partial charge in [-0.05, 0) is 12.8 Å². The van der Waals surface area contributed by atoms with Gasteiger partial charge in [0.05, 0.1) is 0 Å². The number of hydrogen-bond acceptors (Lipinski definition) is 4. The molecule has 0 N–H and O–H groups in total. The second-order valence-corrected chi connectivity index (χ2v) is 12.8. The van der Waals surface area contributed by atoms with Crippen molar-refractivity contribution in [3.8, 4) is 0 Å². The third kappa shape index (κ3) is 39.8. The van der Waals surface area contributed by atoms with E-state index >= 15 is 0 Å². The van der Waals surface area contributed by atoms with Gasteiger partial charge >= 0.3 is 11.9 Å². The van der Waals surface area contributed by atoms with Crippen molar-refractivity contribution in [1.29, 1.82) is 0 Å². The van der Waals surface area contributed by atoms with E-state index in [0.717, 1.165) is 25.7 Å². The summed E-state index contributed by atoms with van der Waals surface area (Å²) in [5, 5.41) is 0. The third-order valence-electron chi connectivity index (χ3n) is 8.58. The molecule has 255 valence electrons. The summed E-state index contributed by atoms with van der Waals surface area (Å²) in [6, 6.07) is 0. The van der Waals surface area contributed by atoms with Crippen molar-refractivity contribution in [2.75, 3.05) is 13.2 Å². The average molecular weight is 804 g/mol. The van der Waals surface area contributed by atoms with Gasteiger partial charge in [-0.3, -0.25) is 9.59 Å². The van der Waals surface area contributed by atoms with E-state index in [9.17, 15) is 9.59 Å². The van der Waals surface area contributed by atoms with E-state index < -0.39 is 0 Å². The van der Waals surface area contributed by atoms with Crippen LogP contribution >= 0.6 is 0 Å². The average Bonchev–Trinajstić information content (AvgIpc) is 2.99. The van der Waals surface area contributed by atoms with Gasteiger partial charge in [-0.15, -0.1) is 0 Å². The van der Waals surface area contributed by atoms with Gasteiger partial charge in [-0.1, -0.05) is 194 Å². The van der Waals surface area contributed by atoms with Crippen molar-refractivity contribution in [2.24, 2.45) is 0 Å². The van der Waals surface area contributed by atoms with Crippen LogP contribution in [0.3, 0.4) is 0 Å². The smallest absolute Gasteiger partial charge is 0.305 e. The Balaban J connectivity index is 0. The Kier molecular flexibility index (Phi) is 41.7. The first-order chi connectivity index (χ1) is 20.7. The molecule has 0 heterocycles. The van der Waals surface area contributed by atoms with Gasteiger partial charge in [0.1, 0.15) is 13.2 Å². The molecule has 0 spiro atoms. The van der Waals surface area contributed by atoms with E-state index in [4.69, 9.17) is 9.47 Å². The number of esters is 2. The van der Waals surface area contributed by atoms with Crippen LogP contribution in [-0.2, 0) is 19.1 Å². The molecule has 0 aliphatic rings. The standard InChI is InChI=1S/C38H74O4.Bi/c1-3-5-7-9-11-13-15-17-19-21-23-25-27-29-31-33-37(39)41-35-36-42-38(40)34-32-30-28-26-24-22-20-18-16-14-12-10-8-6-4-2;/h3-36H2,1-2H3;. The van der Waals surface area contributed by atoms with Crippen molar-refractivity contribution in [3.05, 3.63) is 0 Å². The maximum absolute atomic E-state index is 11.9. The molecule has 0 saturated carbocycles. The number of unbranched alkanes of at least 4 members (excludes halogenated alkanes) is 28. The van der Waals surface area contributed by atoms with Crippen LogP contribution in [0.15, 0.2) is 0 Å². The van der Waals surface area contributed by atoms with Crippen molar-refractivity contribution >= 4 is 38.1 Å². The van der Waals surface area contributed by atoms with Crippen LogP contribution < -0.4 is 0 Å². The molecule has 5 heteroatoms. The first-order valence-corrected chi connectivity index (χ1v) is 19.0. The van der Waals surface area contributed by atoms with Gasteiger partial charge in [0.15, 0.2) is 0 Å². The van der Waals surface area contributed by atoms with E-state index in [1.54, 1.807) is 0 Å². The maximum Gasteiger partial charge on any atom is 0.305 e. The van der Waals surface area contributed by atoms with Gasteiger partial charge in [0.2, 0.25) is 0 Å². The van der Waals surface area contributed by atoms with Crippen LogP contribution in [0.2, 0.25) is 0 Å². The molecular weight excluding hydrogens is 729 g/mol.